The summed E-state index contributed by atoms with van der Waals surface area (Å²) in [5.41, 5.74) is 1.22. The fourth-order valence-electron chi connectivity index (χ4n) is 3.12. The van der Waals surface area contributed by atoms with E-state index < -0.39 is 0 Å². The van der Waals surface area contributed by atoms with Crippen molar-refractivity contribution in [1.82, 2.24) is 20.2 Å². The Balaban J connectivity index is 1.56. The number of aryl methyl sites for hydroxylation is 1. The van der Waals surface area contributed by atoms with Gasteiger partial charge in [-0.2, -0.15) is 5.26 Å². The molecule has 1 amide bonds. The minimum absolute atomic E-state index is 0.0214. The molecule has 0 spiro atoms. The van der Waals surface area contributed by atoms with Crippen LogP contribution in [-0.4, -0.2) is 52.2 Å². The largest absolute Gasteiger partial charge is 0.353 e. The Labute approximate surface area is 153 Å². The molecule has 25 heavy (non-hydrogen) atoms. The maximum atomic E-state index is 12.3. The number of nitrogens with one attached hydrogen (secondary N) is 1. The topological polar surface area (TPSA) is 81.9 Å². The number of piperidine rings is 1. The molecule has 0 bridgehead atoms. The van der Waals surface area contributed by atoms with E-state index in [1.165, 1.54) is 11.8 Å². The predicted octanol–water partition coefficient (Wildman–Crippen LogP) is 2.23. The van der Waals surface area contributed by atoms with Gasteiger partial charge in [-0.1, -0.05) is 18.7 Å². The number of hydrogen-bond donors (Lipinski definition) is 1. The van der Waals surface area contributed by atoms with Gasteiger partial charge >= 0.3 is 0 Å². The van der Waals surface area contributed by atoms with Crippen LogP contribution in [0.3, 0.4) is 0 Å². The van der Waals surface area contributed by atoms with Gasteiger partial charge in [0.25, 0.3) is 0 Å². The van der Waals surface area contributed by atoms with Gasteiger partial charge in [0.15, 0.2) is 0 Å². The molecule has 0 aromatic carbocycles. The molecule has 1 N–H and O–H groups in total. The van der Waals surface area contributed by atoms with Gasteiger partial charge in [0, 0.05) is 25.0 Å². The van der Waals surface area contributed by atoms with Gasteiger partial charge in [0.05, 0.1) is 11.4 Å². The third-order valence-electron chi connectivity index (χ3n) is 4.87. The van der Waals surface area contributed by atoms with Crippen LogP contribution in [0, 0.1) is 18.3 Å². The lowest BCUT2D eigenvalue weighted by Gasteiger charge is -2.31. The molecule has 1 saturated carbocycles. The average Bonchev–Trinajstić information content (AvgIpc) is 3.45. The van der Waals surface area contributed by atoms with Crippen LogP contribution in [0.5, 0.6) is 0 Å². The van der Waals surface area contributed by atoms with Crippen LogP contribution in [0.25, 0.3) is 0 Å². The SMILES string of the molecule is CCN1CCC(NC(=O)CSc2nc(C3CC3)nc(C)c2C#N)CC1. The van der Waals surface area contributed by atoms with Crippen LogP contribution < -0.4 is 5.32 Å². The Hall–Kier alpha value is -1.65. The number of amides is 1. The second-order valence-corrected chi connectivity index (χ2v) is 7.76. The first-order chi connectivity index (χ1) is 12.1. The third kappa shape index (κ3) is 4.71. The molecule has 3 rings (SSSR count). The molecule has 134 valence electrons. The van der Waals surface area contributed by atoms with E-state index in [2.05, 4.69) is 33.2 Å². The van der Waals surface area contributed by atoms with E-state index in [0.717, 1.165) is 51.1 Å². The monoisotopic (exact) mass is 359 g/mol. The highest BCUT2D eigenvalue weighted by atomic mass is 32.2. The normalized spacial score (nSPS) is 18.8. The number of thioether (sulfide) groups is 1. The van der Waals surface area contributed by atoms with E-state index in [1.807, 2.05) is 6.92 Å². The summed E-state index contributed by atoms with van der Waals surface area (Å²) < 4.78 is 0. The van der Waals surface area contributed by atoms with Crippen molar-refractivity contribution in [2.45, 2.75) is 56.5 Å². The Bertz CT molecular complexity index is 675. The number of nitriles is 1. The Morgan fingerprint density at radius 1 is 1.32 bits per heavy atom. The zero-order chi connectivity index (χ0) is 17.8. The molecular weight excluding hydrogens is 334 g/mol. The van der Waals surface area contributed by atoms with E-state index >= 15 is 0 Å². The summed E-state index contributed by atoms with van der Waals surface area (Å²) in [5.74, 6) is 1.58. The minimum atomic E-state index is 0.0214. The van der Waals surface area contributed by atoms with E-state index in [4.69, 9.17) is 0 Å². The second-order valence-electron chi connectivity index (χ2n) is 6.80. The van der Waals surface area contributed by atoms with Gasteiger partial charge in [-0.25, -0.2) is 9.97 Å². The highest BCUT2D eigenvalue weighted by molar-refractivity contribution is 8.00. The summed E-state index contributed by atoms with van der Waals surface area (Å²) in [5, 5.41) is 13.1. The summed E-state index contributed by atoms with van der Waals surface area (Å²) >= 11 is 1.35. The summed E-state index contributed by atoms with van der Waals surface area (Å²) in [6.07, 6.45) is 4.25. The van der Waals surface area contributed by atoms with Crippen LogP contribution in [0.2, 0.25) is 0 Å². The molecule has 1 aliphatic heterocycles. The van der Waals surface area contributed by atoms with Crippen LogP contribution in [0.15, 0.2) is 5.03 Å². The molecule has 2 heterocycles. The van der Waals surface area contributed by atoms with Crippen molar-refractivity contribution in [1.29, 1.82) is 5.26 Å². The number of rotatable bonds is 6. The highest BCUT2D eigenvalue weighted by Gasteiger charge is 2.28. The van der Waals surface area contributed by atoms with Crippen LogP contribution in [0.1, 0.15) is 55.6 Å². The molecule has 6 nitrogen and oxygen atoms in total. The van der Waals surface area contributed by atoms with E-state index in [1.54, 1.807) is 0 Å². The number of aromatic nitrogens is 2. The first-order valence-corrected chi connectivity index (χ1v) is 10.0. The van der Waals surface area contributed by atoms with Crippen molar-refractivity contribution < 1.29 is 4.79 Å². The molecule has 2 aliphatic rings. The number of likely N-dealkylation sites (tertiary alicyclic amines) is 1. The van der Waals surface area contributed by atoms with Crippen LogP contribution in [0.4, 0.5) is 0 Å². The lowest BCUT2D eigenvalue weighted by Crippen LogP contribution is -2.45. The van der Waals surface area contributed by atoms with Gasteiger partial charge < -0.3 is 10.2 Å². The van der Waals surface area contributed by atoms with E-state index in [-0.39, 0.29) is 11.9 Å². The van der Waals surface area contributed by atoms with E-state index in [9.17, 15) is 10.1 Å². The maximum absolute atomic E-state index is 12.3. The van der Waals surface area contributed by atoms with Crippen molar-refractivity contribution in [3.05, 3.63) is 17.1 Å². The zero-order valence-corrected chi connectivity index (χ0v) is 15.7. The zero-order valence-electron chi connectivity index (χ0n) is 14.9. The lowest BCUT2D eigenvalue weighted by molar-refractivity contribution is -0.119. The average molecular weight is 359 g/mol. The summed E-state index contributed by atoms with van der Waals surface area (Å²) in [6, 6.07) is 2.45. The second kappa shape index (κ2) is 8.15. The number of nitrogens with zero attached hydrogens (tertiary/aromatic N) is 4. The summed E-state index contributed by atoms with van der Waals surface area (Å²) in [6.45, 7) is 7.18. The van der Waals surface area contributed by atoms with Crippen LogP contribution >= 0.6 is 11.8 Å². The molecule has 1 saturated heterocycles. The molecule has 0 unspecified atom stereocenters. The molecule has 7 heteroatoms. The maximum Gasteiger partial charge on any atom is 0.230 e. The van der Waals surface area contributed by atoms with Crippen molar-refractivity contribution in [2.24, 2.45) is 0 Å². The van der Waals surface area contributed by atoms with Crippen molar-refractivity contribution in [3.63, 3.8) is 0 Å². The molecule has 2 fully saturated rings. The quantitative estimate of drug-likeness (QED) is 0.619. The summed E-state index contributed by atoms with van der Waals surface area (Å²) in [4.78, 5) is 23.7. The molecule has 1 aromatic heterocycles. The first kappa shape index (κ1) is 18.2. The molecular formula is C18H25N5OS. The number of hydrogen-bond acceptors (Lipinski definition) is 6. The first-order valence-electron chi connectivity index (χ1n) is 9.03. The fraction of sp³-hybridized carbons (Fsp3) is 0.667. The van der Waals surface area contributed by atoms with Gasteiger partial charge in [-0.15, -0.1) is 0 Å². The molecule has 1 aromatic rings. The van der Waals surface area contributed by atoms with Gasteiger partial charge in [0.2, 0.25) is 5.91 Å². The van der Waals surface area contributed by atoms with Gasteiger partial charge in [-0.3, -0.25) is 4.79 Å². The molecule has 0 atom stereocenters. The summed E-state index contributed by atoms with van der Waals surface area (Å²) in [7, 11) is 0. The lowest BCUT2D eigenvalue weighted by atomic mass is 10.1. The van der Waals surface area contributed by atoms with Crippen molar-refractivity contribution >= 4 is 17.7 Å². The predicted molar refractivity (Wildman–Crippen MR) is 97.5 cm³/mol. The van der Waals surface area contributed by atoms with Gasteiger partial charge in [-0.05, 0) is 39.2 Å². The Morgan fingerprint density at radius 2 is 2.04 bits per heavy atom. The Kier molecular flexibility index (Phi) is 5.92. The van der Waals surface area contributed by atoms with Crippen LogP contribution in [-0.2, 0) is 4.79 Å². The molecule has 1 aliphatic carbocycles. The number of carbonyl (C=O) groups is 1. The van der Waals surface area contributed by atoms with Crippen molar-refractivity contribution in [3.8, 4) is 6.07 Å². The smallest absolute Gasteiger partial charge is 0.230 e. The fourth-order valence-corrected chi connectivity index (χ4v) is 3.97. The minimum Gasteiger partial charge on any atom is -0.353 e. The Morgan fingerprint density at radius 3 is 2.64 bits per heavy atom. The highest BCUT2D eigenvalue weighted by Crippen LogP contribution is 2.39. The van der Waals surface area contributed by atoms with Crippen molar-refractivity contribution in [2.75, 3.05) is 25.4 Å². The number of carbonyl (C=O) groups excluding carboxylic acids is 1. The van der Waals surface area contributed by atoms with Gasteiger partial charge in [0.1, 0.15) is 22.5 Å². The third-order valence-corrected chi connectivity index (χ3v) is 5.84. The molecule has 0 radical (unpaired) electrons. The standard InChI is InChI=1S/C18H25N5OS/c1-3-23-8-6-14(7-9-23)21-16(24)11-25-18-15(10-19)12(2)20-17(22-18)13-4-5-13/h13-14H,3-9,11H2,1-2H3,(H,21,24). The van der Waals surface area contributed by atoms with E-state index in [0.29, 0.717) is 28.0 Å².